The van der Waals surface area contributed by atoms with Crippen molar-refractivity contribution in [1.82, 2.24) is 19.9 Å². The number of ketones is 2. The molecular formula is C31H29N5O7. The van der Waals surface area contributed by atoms with Gasteiger partial charge in [0.25, 0.3) is 5.56 Å². The van der Waals surface area contributed by atoms with E-state index in [1.807, 2.05) is 5.32 Å². The van der Waals surface area contributed by atoms with Gasteiger partial charge in [0.15, 0.2) is 5.78 Å². The molecule has 1 atom stereocenters. The number of carbonyl (C=O) groups is 4. The highest BCUT2D eigenvalue weighted by Gasteiger charge is 2.24. The molecule has 0 aliphatic rings. The number of carbonyl (C=O) groups excluding carboxylic acids is 3. The van der Waals surface area contributed by atoms with Crippen LogP contribution in [-0.4, -0.2) is 49.8 Å². The Labute approximate surface area is 246 Å². The summed E-state index contributed by atoms with van der Waals surface area (Å²) in [6, 6.07) is 21.6. The monoisotopic (exact) mass is 583 g/mol. The molecule has 1 unspecified atom stereocenters. The number of Topliss-reactive ketones (excluding diaryl/α,β-unsaturated/α-hetero) is 2. The molecule has 0 bridgehead atoms. The number of ether oxygens (including phenoxy) is 1. The van der Waals surface area contributed by atoms with Crippen molar-refractivity contribution in [3.63, 3.8) is 0 Å². The zero-order valence-corrected chi connectivity index (χ0v) is 23.0. The minimum absolute atomic E-state index is 0.0357. The van der Waals surface area contributed by atoms with E-state index in [9.17, 15) is 24.0 Å². The molecule has 0 saturated heterocycles. The number of benzene rings is 2. The van der Waals surface area contributed by atoms with Crippen molar-refractivity contribution in [2.75, 3.05) is 11.9 Å². The van der Waals surface area contributed by atoms with E-state index in [0.717, 1.165) is 10.8 Å². The van der Waals surface area contributed by atoms with Crippen LogP contribution in [0.2, 0.25) is 0 Å². The Hall–Kier alpha value is -5.65. The average molecular weight is 584 g/mol. The summed E-state index contributed by atoms with van der Waals surface area (Å²) in [6.45, 7) is -0.321. The maximum Gasteiger partial charge on any atom is 0.409 e. The molecule has 12 nitrogen and oxygen atoms in total. The first-order chi connectivity index (χ1) is 20.8. The van der Waals surface area contributed by atoms with E-state index < -0.39 is 41.7 Å². The summed E-state index contributed by atoms with van der Waals surface area (Å²) in [5.41, 5.74) is 0.0152. The first-order valence-corrected chi connectivity index (χ1v) is 13.4. The zero-order valence-electron chi connectivity index (χ0n) is 23.0. The highest BCUT2D eigenvalue weighted by atomic mass is 16.5. The van der Waals surface area contributed by atoms with Crippen molar-refractivity contribution in [2.45, 2.75) is 31.8 Å². The van der Waals surface area contributed by atoms with E-state index in [2.05, 4.69) is 15.3 Å². The van der Waals surface area contributed by atoms with Crippen molar-refractivity contribution < 1.29 is 29.0 Å². The number of aromatic nitrogens is 3. The Morgan fingerprint density at radius 2 is 1.58 bits per heavy atom. The van der Waals surface area contributed by atoms with Crippen molar-refractivity contribution in [3.8, 4) is 17.3 Å². The molecule has 0 spiro atoms. The number of rotatable bonds is 14. The molecule has 0 aliphatic carbocycles. The maximum atomic E-state index is 13.3. The molecule has 220 valence electrons. The molecule has 2 aromatic heterocycles. The van der Waals surface area contributed by atoms with Gasteiger partial charge in [-0.2, -0.15) is 0 Å². The number of anilines is 1. The van der Waals surface area contributed by atoms with Crippen LogP contribution >= 0.6 is 0 Å². The lowest BCUT2D eigenvalue weighted by Gasteiger charge is -2.20. The molecule has 2 aromatic carbocycles. The SMILES string of the molecule is O=C(O)Nc1cnc(-c2ccccc2)n(CC(=O)NC(CC(=O)C(=O)CCCOc2ccccn2)c2ccccc2)c1=O. The van der Waals surface area contributed by atoms with E-state index in [4.69, 9.17) is 9.84 Å². The summed E-state index contributed by atoms with van der Waals surface area (Å²) in [4.78, 5) is 71.4. The second kappa shape index (κ2) is 14.8. The van der Waals surface area contributed by atoms with Crippen LogP contribution in [-0.2, 0) is 20.9 Å². The molecular weight excluding hydrogens is 554 g/mol. The van der Waals surface area contributed by atoms with Gasteiger partial charge < -0.3 is 15.2 Å². The Morgan fingerprint density at radius 3 is 2.26 bits per heavy atom. The largest absolute Gasteiger partial charge is 0.478 e. The van der Waals surface area contributed by atoms with Crippen molar-refractivity contribution in [2.24, 2.45) is 0 Å². The summed E-state index contributed by atoms with van der Waals surface area (Å²) < 4.78 is 6.52. The van der Waals surface area contributed by atoms with Gasteiger partial charge in [-0.05, 0) is 18.1 Å². The van der Waals surface area contributed by atoms with E-state index in [0.29, 0.717) is 23.4 Å². The highest BCUT2D eigenvalue weighted by molar-refractivity contribution is 6.37. The molecule has 43 heavy (non-hydrogen) atoms. The Bertz CT molecular complexity index is 1630. The van der Waals surface area contributed by atoms with Crippen molar-refractivity contribution in [3.05, 3.63) is 107 Å². The molecule has 0 aliphatic heterocycles. The quantitative estimate of drug-likeness (QED) is 0.148. The number of nitrogens with one attached hydrogen (secondary N) is 2. The third-order valence-electron chi connectivity index (χ3n) is 6.30. The van der Waals surface area contributed by atoms with Gasteiger partial charge in [-0.15, -0.1) is 0 Å². The molecule has 4 aromatic rings. The smallest absolute Gasteiger partial charge is 0.409 e. The molecule has 12 heteroatoms. The second-order valence-electron chi connectivity index (χ2n) is 9.38. The van der Waals surface area contributed by atoms with Gasteiger partial charge in [-0.1, -0.05) is 66.7 Å². The van der Waals surface area contributed by atoms with Crippen LogP contribution in [0.4, 0.5) is 10.5 Å². The molecule has 2 amide bonds. The predicted octanol–water partition coefficient (Wildman–Crippen LogP) is 3.64. The summed E-state index contributed by atoms with van der Waals surface area (Å²) in [5, 5.41) is 13.9. The molecule has 0 radical (unpaired) electrons. The minimum Gasteiger partial charge on any atom is -0.478 e. The van der Waals surface area contributed by atoms with Gasteiger partial charge in [-0.25, -0.2) is 14.8 Å². The Kier molecular flexibility index (Phi) is 10.5. The van der Waals surface area contributed by atoms with Gasteiger partial charge in [-0.3, -0.25) is 29.1 Å². The summed E-state index contributed by atoms with van der Waals surface area (Å²) >= 11 is 0. The van der Waals surface area contributed by atoms with E-state index in [-0.39, 0.29) is 31.0 Å². The van der Waals surface area contributed by atoms with Crippen LogP contribution in [0.15, 0.2) is 96.1 Å². The molecule has 0 saturated carbocycles. The van der Waals surface area contributed by atoms with Crippen LogP contribution < -0.4 is 20.9 Å². The summed E-state index contributed by atoms with van der Waals surface area (Å²) in [6.07, 6.45) is 1.19. The number of carboxylic acid groups (broad SMARTS) is 1. The number of amides is 2. The third kappa shape index (κ3) is 8.67. The maximum absolute atomic E-state index is 13.3. The second-order valence-corrected chi connectivity index (χ2v) is 9.38. The van der Waals surface area contributed by atoms with Crippen LogP contribution in [0.3, 0.4) is 0 Å². The fraction of sp³-hybridized carbons (Fsp3) is 0.194. The van der Waals surface area contributed by atoms with Crippen molar-refractivity contribution in [1.29, 1.82) is 0 Å². The normalized spacial score (nSPS) is 11.3. The van der Waals surface area contributed by atoms with Gasteiger partial charge >= 0.3 is 6.09 Å². The fourth-order valence-electron chi connectivity index (χ4n) is 4.26. The predicted molar refractivity (Wildman–Crippen MR) is 157 cm³/mol. The summed E-state index contributed by atoms with van der Waals surface area (Å²) in [7, 11) is 0. The van der Waals surface area contributed by atoms with E-state index in [1.54, 1.807) is 85.1 Å². The van der Waals surface area contributed by atoms with Gasteiger partial charge in [0.2, 0.25) is 17.6 Å². The van der Waals surface area contributed by atoms with Gasteiger partial charge in [0.05, 0.1) is 18.8 Å². The topological polar surface area (TPSA) is 170 Å². The lowest BCUT2D eigenvalue weighted by Crippen LogP contribution is -2.37. The lowest BCUT2D eigenvalue weighted by molar-refractivity contribution is -0.137. The zero-order chi connectivity index (χ0) is 30.6. The number of hydrogen-bond donors (Lipinski definition) is 3. The standard InChI is InChI=1S/C31H29N5O7/c37-25(14-9-17-43-28-15-7-8-16-32-28)26(38)18-23(21-10-3-1-4-11-21)34-27(39)20-36-29(22-12-5-2-6-13-22)33-19-24(30(36)40)35-31(41)42/h1-8,10-13,15-16,19,23,35H,9,14,17-18,20H2,(H,34,39)(H,41,42). The van der Waals surface area contributed by atoms with Crippen LogP contribution in [0.1, 0.15) is 30.9 Å². The van der Waals surface area contributed by atoms with E-state index in [1.165, 1.54) is 0 Å². The summed E-state index contributed by atoms with van der Waals surface area (Å²) in [5.74, 6) is -1.34. The molecule has 2 heterocycles. The molecule has 0 fully saturated rings. The number of nitrogens with zero attached hydrogens (tertiary/aromatic N) is 3. The van der Waals surface area contributed by atoms with E-state index >= 15 is 0 Å². The average Bonchev–Trinajstić information content (AvgIpc) is 3.02. The van der Waals surface area contributed by atoms with Gasteiger partial charge in [0.1, 0.15) is 18.1 Å². The van der Waals surface area contributed by atoms with Crippen LogP contribution in [0.5, 0.6) is 5.88 Å². The lowest BCUT2D eigenvalue weighted by atomic mass is 9.98. The molecule has 3 N–H and O–H groups in total. The first-order valence-electron chi connectivity index (χ1n) is 13.4. The minimum atomic E-state index is -1.46. The van der Waals surface area contributed by atoms with Gasteiger partial charge in [0, 0.05) is 30.7 Å². The van der Waals surface area contributed by atoms with Crippen LogP contribution in [0.25, 0.3) is 11.4 Å². The van der Waals surface area contributed by atoms with Crippen molar-refractivity contribution >= 4 is 29.3 Å². The Morgan fingerprint density at radius 1 is 0.884 bits per heavy atom. The third-order valence-corrected chi connectivity index (χ3v) is 6.30. The van der Waals surface area contributed by atoms with Crippen LogP contribution in [0, 0.1) is 0 Å². The Balaban J connectivity index is 1.47. The highest BCUT2D eigenvalue weighted by Crippen LogP contribution is 2.20. The molecule has 4 rings (SSSR count). The first kappa shape index (κ1) is 30.3. The fourth-order valence-corrected chi connectivity index (χ4v) is 4.26. The number of pyridine rings is 1. The number of hydrogen-bond acceptors (Lipinski definition) is 8.